The number of aromatic hydroxyl groups is 1. The molecule has 4 aliphatic rings. The molecule has 2 saturated heterocycles. The van der Waals surface area contributed by atoms with E-state index in [0.29, 0.717) is 34.0 Å². The van der Waals surface area contributed by atoms with Crippen LogP contribution in [0.3, 0.4) is 0 Å². The zero-order chi connectivity index (χ0) is 33.4. The largest absolute Gasteiger partial charge is 0.504 e. The van der Waals surface area contributed by atoms with E-state index in [4.69, 9.17) is 32.7 Å². The molecule has 0 bridgehead atoms. The summed E-state index contributed by atoms with van der Waals surface area (Å²) in [7, 11) is 4.46. The van der Waals surface area contributed by atoms with Crippen molar-refractivity contribution in [2.24, 2.45) is 23.7 Å². The maximum atomic E-state index is 15.2. The van der Waals surface area contributed by atoms with Crippen molar-refractivity contribution in [1.82, 2.24) is 9.91 Å². The Balaban J connectivity index is 1.48. The molecule has 4 amide bonds. The van der Waals surface area contributed by atoms with Crippen molar-refractivity contribution >= 4 is 52.5 Å². The van der Waals surface area contributed by atoms with E-state index in [1.807, 2.05) is 6.08 Å². The first-order chi connectivity index (χ1) is 22.5. The molecule has 3 aromatic rings. The van der Waals surface area contributed by atoms with Gasteiger partial charge in [-0.15, -0.1) is 0 Å². The zero-order valence-electron chi connectivity index (χ0n) is 25.7. The molecule has 3 fully saturated rings. The predicted molar refractivity (Wildman–Crippen MR) is 173 cm³/mol. The molecule has 2 aliphatic heterocycles. The van der Waals surface area contributed by atoms with Crippen LogP contribution >= 0.6 is 23.2 Å². The van der Waals surface area contributed by atoms with Crippen molar-refractivity contribution in [3.63, 3.8) is 0 Å². The summed E-state index contributed by atoms with van der Waals surface area (Å²) in [5, 5.41) is 12.6. The molecule has 12 heteroatoms. The second-order valence-electron chi connectivity index (χ2n) is 12.4. The molecule has 1 saturated carbocycles. The number of phenols is 1. The number of hydrogen-bond acceptors (Lipinski definition) is 8. The quantitative estimate of drug-likeness (QED) is 0.265. The molecular weight excluding hydrogens is 645 g/mol. The topological polar surface area (TPSA) is 125 Å². The first-order valence-corrected chi connectivity index (χ1v) is 15.9. The molecule has 0 radical (unpaired) electrons. The number of ether oxygens (including phenoxy) is 2. The molecule has 2 heterocycles. The van der Waals surface area contributed by atoms with Crippen LogP contribution in [0.5, 0.6) is 17.2 Å². The van der Waals surface area contributed by atoms with Crippen LogP contribution in [0.25, 0.3) is 0 Å². The highest BCUT2D eigenvalue weighted by Gasteiger charge is 2.70. The second-order valence-corrected chi connectivity index (χ2v) is 13.2. The normalized spacial score (nSPS) is 28.1. The summed E-state index contributed by atoms with van der Waals surface area (Å²) in [4.78, 5) is 57.8. The highest BCUT2D eigenvalue weighted by molar-refractivity contribution is 6.36. The number of amides is 4. The van der Waals surface area contributed by atoms with Crippen molar-refractivity contribution in [2.45, 2.75) is 24.2 Å². The van der Waals surface area contributed by atoms with E-state index in [2.05, 4.69) is 5.43 Å². The van der Waals surface area contributed by atoms with Crippen molar-refractivity contribution in [3.05, 3.63) is 93.5 Å². The summed E-state index contributed by atoms with van der Waals surface area (Å²) < 4.78 is 10.7. The number of fused-ring (bicyclic) bond motifs is 4. The van der Waals surface area contributed by atoms with Crippen molar-refractivity contribution < 1.29 is 33.8 Å². The lowest BCUT2D eigenvalue weighted by Gasteiger charge is -2.50. The van der Waals surface area contributed by atoms with Gasteiger partial charge in [-0.3, -0.25) is 29.5 Å². The van der Waals surface area contributed by atoms with Crippen LogP contribution in [0, 0.1) is 23.7 Å². The Labute approximate surface area is 280 Å². The fraction of sp³-hybridized carbons (Fsp3) is 0.314. The molecular formula is C35H31Cl2N3O7. The SMILES string of the molecule is COc1ccc([C@@]23C(=O)N(Nc4ccc(Cl)cc4Cl)C(=O)[C@@H]2C[C@@H]2C(=CC[C@@H]4C(=O)N(C)C(=O)[C@@H]42)[C@@H]3c2ccc(OC)c(O)c2)cc1. The predicted octanol–water partition coefficient (Wildman–Crippen LogP) is 5.33. The summed E-state index contributed by atoms with van der Waals surface area (Å²) in [5.74, 6) is -4.48. The highest BCUT2D eigenvalue weighted by atomic mass is 35.5. The van der Waals surface area contributed by atoms with E-state index in [0.717, 1.165) is 10.6 Å². The summed E-state index contributed by atoms with van der Waals surface area (Å²) in [5.41, 5.74) is 3.62. The van der Waals surface area contributed by atoms with Crippen LogP contribution in [-0.4, -0.2) is 59.9 Å². The Morgan fingerprint density at radius 3 is 2.30 bits per heavy atom. The molecule has 10 nitrogen and oxygen atoms in total. The minimum absolute atomic E-state index is 0.141. The van der Waals surface area contributed by atoms with Gasteiger partial charge < -0.3 is 14.6 Å². The van der Waals surface area contributed by atoms with Crippen LogP contribution in [0.2, 0.25) is 10.0 Å². The lowest BCUT2D eigenvalue weighted by molar-refractivity contribution is -0.140. The number of halogens is 2. The zero-order valence-corrected chi connectivity index (χ0v) is 27.2. The van der Waals surface area contributed by atoms with E-state index in [-0.39, 0.29) is 34.8 Å². The molecule has 7 rings (SSSR count). The molecule has 3 aromatic carbocycles. The molecule has 6 atom stereocenters. The minimum Gasteiger partial charge on any atom is -0.504 e. The molecule has 0 unspecified atom stereocenters. The number of allylic oxidation sites excluding steroid dienone is 2. The first kappa shape index (κ1) is 31.1. The molecule has 0 spiro atoms. The van der Waals surface area contributed by atoms with Crippen LogP contribution in [0.4, 0.5) is 5.69 Å². The number of carbonyl (C=O) groups is 4. The molecule has 47 heavy (non-hydrogen) atoms. The van der Waals surface area contributed by atoms with Crippen molar-refractivity contribution in [1.29, 1.82) is 0 Å². The van der Waals surface area contributed by atoms with Gasteiger partial charge in [0.05, 0.1) is 48.1 Å². The average Bonchev–Trinajstić information content (AvgIpc) is 3.42. The van der Waals surface area contributed by atoms with Gasteiger partial charge in [-0.2, -0.15) is 5.01 Å². The number of benzene rings is 3. The van der Waals surface area contributed by atoms with Gasteiger partial charge in [-0.25, -0.2) is 0 Å². The molecule has 2 aliphatic carbocycles. The van der Waals surface area contributed by atoms with Crippen LogP contribution in [-0.2, 0) is 24.6 Å². The number of rotatable bonds is 6. The minimum atomic E-state index is -1.52. The summed E-state index contributed by atoms with van der Waals surface area (Å²) in [6.45, 7) is 0. The third kappa shape index (κ3) is 4.45. The summed E-state index contributed by atoms with van der Waals surface area (Å²) in [6, 6.07) is 16.6. The molecule has 2 N–H and O–H groups in total. The number of nitrogens with one attached hydrogen (secondary N) is 1. The van der Waals surface area contributed by atoms with E-state index in [9.17, 15) is 19.5 Å². The lowest BCUT2D eigenvalue weighted by Crippen LogP contribution is -2.53. The van der Waals surface area contributed by atoms with Crippen LogP contribution < -0.4 is 14.9 Å². The van der Waals surface area contributed by atoms with E-state index in [1.165, 1.54) is 32.2 Å². The molecule has 242 valence electrons. The summed E-state index contributed by atoms with van der Waals surface area (Å²) >= 11 is 12.6. The number of imide groups is 2. The standard InChI is InChI=1S/C35H31Cl2N3O7/c1-39-31(42)22-11-10-21-23(29(22)33(39)44)16-24-32(43)40(38-26-12-7-19(36)15-25(26)37)34(45)35(24,18-5-8-20(46-2)9-6-18)30(21)17-4-13-28(47-3)27(41)14-17/h4-10,12-15,22-24,29-30,38,41H,11,16H2,1-3H3/t22-,23+,24-,29-,30-,35+/m0/s1. The fourth-order valence-electron chi connectivity index (χ4n) is 8.26. The number of carbonyl (C=O) groups excluding carboxylic acids is 4. The number of methoxy groups -OCH3 is 2. The first-order valence-electron chi connectivity index (χ1n) is 15.2. The number of hydrogen-bond donors (Lipinski definition) is 2. The number of nitrogens with zero attached hydrogens (tertiary/aromatic N) is 2. The van der Waals surface area contributed by atoms with Crippen LogP contribution in [0.15, 0.2) is 72.3 Å². The van der Waals surface area contributed by atoms with E-state index in [1.54, 1.807) is 54.6 Å². The van der Waals surface area contributed by atoms with Crippen molar-refractivity contribution in [2.75, 3.05) is 26.7 Å². The third-order valence-electron chi connectivity index (χ3n) is 10.3. The van der Waals surface area contributed by atoms with Crippen LogP contribution in [0.1, 0.15) is 29.9 Å². The number of phenolic OH excluding ortho intramolecular Hbond substituents is 1. The molecule has 0 aromatic heterocycles. The van der Waals surface area contributed by atoms with Gasteiger partial charge in [0.15, 0.2) is 11.5 Å². The third-order valence-corrected chi connectivity index (χ3v) is 10.9. The monoisotopic (exact) mass is 675 g/mol. The number of hydrazine groups is 1. The number of anilines is 1. The highest BCUT2D eigenvalue weighted by Crippen LogP contribution is 2.64. The van der Waals surface area contributed by atoms with E-state index < -0.39 is 46.8 Å². The summed E-state index contributed by atoms with van der Waals surface area (Å²) in [6.07, 6.45) is 2.40. The Morgan fingerprint density at radius 2 is 1.64 bits per heavy atom. The Bertz CT molecular complexity index is 1880. The van der Waals surface area contributed by atoms with Gasteiger partial charge in [0, 0.05) is 18.0 Å². The lowest BCUT2D eigenvalue weighted by atomic mass is 9.49. The average molecular weight is 677 g/mol. The van der Waals surface area contributed by atoms with Gasteiger partial charge in [-0.1, -0.05) is 53.1 Å². The Morgan fingerprint density at radius 1 is 0.894 bits per heavy atom. The maximum absolute atomic E-state index is 15.2. The van der Waals surface area contributed by atoms with Gasteiger partial charge >= 0.3 is 0 Å². The maximum Gasteiger partial charge on any atom is 0.260 e. The Kier molecular flexibility index (Phi) is 7.48. The van der Waals surface area contributed by atoms with Gasteiger partial charge in [0.25, 0.3) is 11.8 Å². The fourth-order valence-corrected chi connectivity index (χ4v) is 8.71. The second kappa shape index (κ2) is 11.3. The Hall–Kier alpha value is -4.54. The van der Waals surface area contributed by atoms with Gasteiger partial charge in [0.1, 0.15) is 5.75 Å². The van der Waals surface area contributed by atoms with E-state index >= 15 is 4.79 Å². The number of likely N-dealkylation sites (tertiary alicyclic amines) is 1. The van der Waals surface area contributed by atoms with Crippen molar-refractivity contribution in [3.8, 4) is 17.2 Å². The smallest absolute Gasteiger partial charge is 0.260 e. The van der Waals surface area contributed by atoms with Gasteiger partial charge in [0.2, 0.25) is 11.8 Å². The van der Waals surface area contributed by atoms with Gasteiger partial charge in [-0.05, 0) is 72.4 Å².